The maximum absolute atomic E-state index is 15.7. The first-order valence-electron chi connectivity index (χ1n) is 15.7. The lowest BCUT2D eigenvalue weighted by Crippen LogP contribution is -2.49. The molecule has 1 amide bonds. The zero-order valence-corrected chi connectivity index (χ0v) is 27.9. The van der Waals surface area contributed by atoms with Gasteiger partial charge in [0.2, 0.25) is 0 Å². The van der Waals surface area contributed by atoms with E-state index in [2.05, 4.69) is 38.2 Å². The van der Waals surface area contributed by atoms with Crippen molar-refractivity contribution in [2.75, 3.05) is 13.3 Å². The third-order valence-electron chi connectivity index (χ3n) is 9.30. The lowest BCUT2D eigenvalue weighted by Gasteiger charge is -2.34. The Labute approximate surface area is 284 Å². The minimum absolute atomic E-state index is 0.114. The Kier molecular flexibility index (Phi) is 9.34. The number of carbonyl (C=O) groups excluding carboxylic acids is 1. The molecule has 4 aromatic carbocycles. The molecule has 2 N–H and O–H groups in total. The summed E-state index contributed by atoms with van der Waals surface area (Å²) in [4.78, 5) is 28.2. The number of alkyl carbamates (subject to hydrolysis) is 1. The molecule has 4 atom stereocenters. The van der Waals surface area contributed by atoms with E-state index in [0.29, 0.717) is 22.6 Å². The van der Waals surface area contributed by atoms with Crippen LogP contribution in [0.25, 0.3) is 11.1 Å². The second-order valence-corrected chi connectivity index (χ2v) is 14.4. The average molecular weight is 676 g/mol. The fourth-order valence-electron chi connectivity index (χ4n) is 7.52. The van der Waals surface area contributed by atoms with Crippen LogP contribution >= 0.6 is 23.2 Å². The average Bonchev–Trinajstić information content (AvgIpc) is 3.50. The second-order valence-electron chi connectivity index (χ2n) is 13.6. The highest BCUT2D eigenvalue weighted by atomic mass is 35.5. The van der Waals surface area contributed by atoms with Crippen molar-refractivity contribution >= 4 is 35.3 Å². The van der Waals surface area contributed by atoms with Crippen molar-refractivity contribution < 1.29 is 23.8 Å². The number of hydrogen-bond donors (Lipinski definition) is 2. The molecule has 6 nitrogen and oxygen atoms in total. The van der Waals surface area contributed by atoms with Crippen LogP contribution < -0.4 is 5.32 Å². The van der Waals surface area contributed by atoms with Crippen LogP contribution in [0.5, 0.6) is 0 Å². The third kappa shape index (κ3) is 6.75. The lowest BCUT2D eigenvalue weighted by atomic mass is 9.74. The van der Waals surface area contributed by atoms with E-state index in [1.807, 2.05) is 42.5 Å². The van der Waals surface area contributed by atoms with Crippen LogP contribution in [0, 0.1) is 11.2 Å². The summed E-state index contributed by atoms with van der Waals surface area (Å²) in [7, 11) is 0. The number of amides is 1. The largest absolute Gasteiger partial charge is 0.480 e. The van der Waals surface area contributed by atoms with Gasteiger partial charge in [-0.05, 0) is 69.5 Å². The van der Waals surface area contributed by atoms with Gasteiger partial charge in [0, 0.05) is 33.8 Å². The molecule has 1 saturated heterocycles. The third-order valence-corrected chi connectivity index (χ3v) is 9.77. The molecule has 6 rings (SSSR count). The van der Waals surface area contributed by atoms with Crippen LogP contribution in [-0.4, -0.2) is 47.4 Å². The Bertz CT molecular complexity index is 1760. The number of benzene rings is 4. The highest BCUT2D eigenvalue weighted by Gasteiger charge is 2.54. The van der Waals surface area contributed by atoms with Crippen molar-refractivity contribution in [3.05, 3.63) is 129 Å². The van der Waals surface area contributed by atoms with Gasteiger partial charge in [0.15, 0.2) is 0 Å². The number of rotatable bonds is 8. The normalized spacial score (nSPS) is 20.9. The van der Waals surface area contributed by atoms with Crippen LogP contribution in [0.2, 0.25) is 10.0 Å². The van der Waals surface area contributed by atoms with Gasteiger partial charge in [-0.3, -0.25) is 9.69 Å². The molecule has 1 aliphatic heterocycles. The minimum Gasteiger partial charge on any atom is -0.480 e. The quantitative estimate of drug-likeness (QED) is 0.195. The summed E-state index contributed by atoms with van der Waals surface area (Å²) in [6, 6.07) is 26.2. The zero-order valence-electron chi connectivity index (χ0n) is 26.4. The molecule has 0 spiro atoms. The number of carboxylic acids is 1. The van der Waals surface area contributed by atoms with Crippen molar-refractivity contribution in [2.45, 2.75) is 57.0 Å². The number of aliphatic carboxylic acids is 1. The lowest BCUT2D eigenvalue weighted by molar-refractivity contribution is -0.143. The van der Waals surface area contributed by atoms with Gasteiger partial charge < -0.3 is 15.2 Å². The number of fused-ring (bicyclic) bond motifs is 3. The number of ether oxygens (including phenoxy) is 1. The molecule has 0 bridgehead atoms. The van der Waals surface area contributed by atoms with Gasteiger partial charge in [-0.25, -0.2) is 9.18 Å². The molecule has 1 heterocycles. The van der Waals surface area contributed by atoms with E-state index >= 15 is 4.39 Å². The van der Waals surface area contributed by atoms with Gasteiger partial charge in [-0.2, -0.15) is 0 Å². The fourth-order valence-corrected chi connectivity index (χ4v) is 7.88. The van der Waals surface area contributed by atoms with Gasteiger partial charge >= 0.3 is 12.1 Å². The molecule has 9 heteroatoms. The summed E-state index contributed by atoms with van der Waals surface area (Å²) in [5.74, 6) is -2.98. The van der Waals surface area contributed by atoms with Gasteiger partial charge in [-0.15, -0.1) is 0 Å². The number of halogens is 3. The SMILES string of the molecule is CC(C)(C)CC1C(c2ccc(Cl)cc2F)C(c2cccc(Cl)c2)C(C(=O)O)N1CNC(=O)OCC1c2ccccc2-c2ccccc21. The number of hydrogen-bond acceptors (Lipinski definition) is 4. The van der Waals surface area contributed by atoms with E-state index in [0.717, 1.165) is 22.3 Å². The Morgan fingerprint density at radius 2 is 1.49 bits per heavy atom. The van der Waals surface area contributed by atoms with Crippen LogP contribution in [0.4, 0.5) is 9.18 Å². The molecule has 1 fully saturated rings. The molecule has 47 heavy (non-hydrogen) atoms. The van der Waals surface area contributed by atoms with E-state index in [4.69, 9.17) is 27.9 Å². The van der Waals surface area contributed by atoms with E-state index in [1.54, 1.807) is 35.2 Å². The van der Waals surface area contributed by atoms with Crippen LogP contribution in [0.3, 0.4) is 0 Å². The highest BCUT2D eigenvalue weighted by Crippen LogP contribution is 2.52. The van der Waals surface area contributed by atoms with Gasteiger partial charge in [0.1, 0.15) is 18.5 Å². The Morgan fingerprint density at radius 3 is 2.09 bits per heavy atom. The smallest absolute Gasteiger partial charge is 0.408 e. The van der Waals surface area contributed by atoms with Gasteiger partial charge in [0.25, 0.3) is 0 Å². The van der Waals surface area contributed by atoms with Crippen LogP contribution in [0.15, 0.2) is 91.0 Å². The number of nitrogens with one attached hydrogen (secondary N) is 1. The molecule has 0 saturated carbocycles. The molecule has 1 aliphatic carbocycles. The topological polar surface area (TPSA) is 78.9 Å². The minimum atomic E-state index is -1.10. The molecule has 4 aromatic rings. The summed E-state index contributed by atoms with van der Waals surface area (Å²) < 4.78 is 21.5. The van der Waals surface area contributed by atoms with E-state index in [1.165, 1.54) is 6.07 Å². The predicted molar refractivity (Wildman–Crippen MR) is 183 cm³/mol. The molecular weight excluding hydrogens is 638 g/mol. The molecule has 4 unspecified atom stereocenters. The molecule has 0 radical (unpaired) electrons. The first-order valence-corrected chi connectivity index (χ1v) is 16.5. The predicted octanol–water partition coefficient (Wildman–Crippen LogP) is 9.07. The summed E-state index contributed by atoms with van der Waals surface area (Å²) in [6.45, 7) is 6.18. The number of likely N-dealkylation sites (tertiary alicyclic amines) is 1. The molecule has 0 aromatic heterocycles. The first-order chi connectivity index (χ1) is 22.4. The summed E-state index contributed by atoms with van der Waals surface area (Å²) in [6.07, 6.45) is -0.140. The van der Waals surface area contributed by atoms with Crippen molar-refractivity contribution in [1.82, 2.24) is 10.2 Å². The summed E-state index contributed by atoms with van der Waals surface area (Å²) >= 11 is 12.5. The summed E-state index contributed by atoms with van der Waals surface area (Å²) in [5, 5.41) is 14.3. The van der Waals surface area contributed by atoms with Crippen molar-refractivity contribution in [3.63, 3.8) is 0 Å². The Hall–Kier alpha value is -3.91. The Morgan fingerprint density at radius 1 is 0.851 bits per heavy atom. The Balaban J connectivity index is 1.30. The number of nitrogens with zero attached hydrogens (tertiary/aromatic N) is 1. The highest BCUT2D eigenvalue weighted by molar-refractivity contribution is 6.30. The maximum Gasteiger partial charge on any atom is 0.408 e. The monoisotopic (exact) mass is 674 g/mol. The van der Waals surface area contributed by atoms with Crippen molar-refractivity contribution in [3.8, 4) is 11.1 Å². The second kappa shape index (κ2) is 13.3. The van der Waals surface area contributed by atoms with Gasteiger partial charge in [0.05, 0.1) is 6.67 Å². The molecule has 2 aliphatic rings. The summed E-state index contributed by atoms with van der Waals surface area (Å²) in [5.41, 5.74) is 5.20. The zero-order chi connectivity index (χ0) is 33.5. The van der Waals surface area contributed by atoms with E-state index < -0.39 is 41.8 Å². The van der Waals surface area contributed by atoms with Crippen molar-refractivity contribution in [1.29, 1.82) is 0 Å². The molecule has 244 valence electrons. The van der Waals surface area contributed by atoms with Gasteiger partial charge in [-0.1, -0.05) is 111 Å². The van der Waals surface area contributed by atoms with Crippen molar-refractivity contribution in [2.24, 2.45) is 5.41 Å². The number of carboxylic acid groups (broad SMARTS) is 1. The van der Waals surface area contributed by atoms with E-state index in [9.17, 15) is 14.7 Å². The van der Waals surface area contributed by atoms with Crippen LogP contribution in [-0.2, 0) is 9.53 Å². The van der Waals surface area contributed by atoms with E-state index in [-0.39, 0.29) is 29.6 Å². The number of carbonyl (C=O) groups is 2. The first kappa shape index (κ1) is 33.0. The van der Waals surface area contributed by atoms with Crippen LogP contribution in [0.1, 0.15) is 67.2 Å². The maximum atomic E-state index is 15.7. The molecular formula is C38H37Cl2FN2O4. The fraction of sp³-hybridized carbons (Fsp3) is 0.316. The standard InChI is InChI=1S/C38H37Cl2FN2O4/c1-38(2,3)19-32-34(29-16-15-24(40)18-31(29)41)33(22-9-8-10-23(39)17-22)35(36(44)45)43(32)21-42-37(46)47-20-30-27-13-6-4-11-25(27)26-12-5-7-14-28(26)30/h4-18,30,32-35H,19-21H2,1-3H3,(H,42,46)(H,44,45).